The molecule has 1 aliphatic carbocycles. The number of carbonyl (C=O) groups is 2. The molecule has 2 atom stereocenters. The van der Waals surface area contributed by atoms with Crippen LogP contribution in [0.5, 0.6) is 0 Å². The molecular formula is C14H24N2O4. The van der Waals surface area contributed by atoms with E-state index in [0.29, 0.717) is 19.1 Å². The molecule has 0 spiro atoms. The Morgan fingerprint density at radius 1 is 1.40 bits per heavy atom. The maximum absolute atomic E-state index is 11.9. The van der Waals surface area contributed by atoms with E-state index < -0.39 is 11.9 Å². The van der Waals surface area contributed by atoms with Gasteiger partial charge in [0.05, 0.1) is 18.6 Å². The lowest BCUT2D eigenvalue weighted by Gasteiger charge is -2.23. The number of amides is 1. The summed E-state index contributed by atoms with van der Waals surface area (Å²) in [7, 11) is 0. The van der Waals surface area contributed by atoms with Crippen LogP contribution in [-0.4, -0.2) is 60.3 Å². The molecule has 114 valence electrons. The first-order chi connectivity index (χ1) is 9.56. The molecule has 2 N–H and O–H groups in total. The molecule has 1 aliphatic heterocycles. The molecule has 1 saturated carbocycles. The van der Waals surface area contributed by atoms with Crippen LogP contribution in [0, 0.1) is 5.92 Å². The summed E-state index contributed by atoms with van der Waals surface area (Å²) in [5.41, 5.74) is 0. The lowest BCUT2D eigenvalue weighted by Crippen LogP contribution is -2.43. The molecule has 6 heteroatoms. The van der Waals surface area contributed by atoms with Gasteiger partial charge in [-0.1, -0.05) is 6.92 Å². The number of nitrogens with one attached hydrogen (secondary N) is 1. The number of aliphatic carboxylic acids is 1. The van der Waals surface area contributed by atoms with E-state index in [9.17, 15) is 9.59 Å². The number of nitrogens with zero attached hydrogens (tertiary/aromatic N) is 1. The third-order valence-electron chi connectivity index (χ3n) is 3.89. The molecule has 20 heavy (non-hydrogen) atoms. The Labute approximate surface area is 119 Å². The zero-order valence-corrected chi connectivity index (χ0v) is 12.0. The summed E-state index contributed by atoms with van der Waals surface area (Å²) in [6.45, 7) is 3.75. The minimum atomic E-state index is -0.810. The molecule has 2 fully saturated rings. The topological polar surface area (TPSA) is 78.9 Å². The molecule has 0 radical (unpaired) electrons. The van der Waals surface area contributed by atoms with Crippen molar-refractivity contribution in [3.63, 3.8) is 0 Å². The van der Waals surface area contributed by atoms with Crippen LogP contribution in [0.1, 0.15) is 32.6 Å². The molecule has 0 aromatic rings. The minimum Gasteiger partial charge on any atom is -0.481 e. The van der Waals surface area contributed by atoms with Gasteiger partial charge in [0.2, 0.25) is 5.91 Å². The van der Waals surface area contributed by atoms with Crippen molar-refractivity contribution in [2.45, 2.75) is 44.8 Å². The van der Waals surface area contributed by atoms with Gasteiger partial charge in [-0.15, -0.1) is 0 Å². The molecule has 0 bridgehead atoms. The normalized spacial score (nSPS) is 23.8. The highest BCUT2D eigenvalue weighted by Crippen LogP contribution is 2.27. The number of carboxylic acid groups (broad SMARTS) is 1. The van der Waals surface area contributed by atoms with Crippen LogP contribution < -0.4 is 5.32 Å². The monoisotopic (exact) mass is 284 g/mol. The minimum absolute atomic E-state index is 0.0370. The molecule has 6 nitrogen and oxygen atoms in total. The lowest BCUT2D eigenvalue weighted by molar-refractivity contribution is -0.142. The van der Waals surface area contributed by atoms with Gasteiger partial charge in [-0.25, -0.2) is 0 Å². The smallest absolute Gasteiger partial charge is 0.307 e. The second kappa shape index (κ2) is 7.04. The van der Waals surface area contributed by atoms with Gasteiger partial charge in [0, 0.05) is 25.7 Å². The van der Waals surface area contributed by atoms with Crippen molar-refractivity contribution in [3.05, 3.63) is 0 Å². The van der Waals surface area contributed by atoms with Crippen LogP contribution in [0.15, 0.2) is 0 Å². The van der Waals surface area contributed by atoms with E-state index in [-0.39, 0.29) is 18.6 Å². The van der Waals surface area contributed by atoms with Crippen LogP contribution in [0.4, 0.5) is 0 Å². The van der Waals surface area contributed by atoms with E-state index in [0.717, 1.165) is 32.3 Å². The second-order valence-electron chi connectivity index (χ2n) is 5.84. The fourth-order valence-corrected chi connectivity index (χ4v) is 2.49. The average molecular weight is 284 g/mol. The predicted octanol–water partition coefficient (Wildman–Crippen LogP) is 0.467. The first kappa shape index (κ1) is 15.3. The SMILES string of the molecule is CC(CN(CC(=O)NCC1CCCO1)C1CC1)C(=O)O. The Balaban J connectivity index is 1.72. The van der Waals surface area contributed by atoms with Gasteiger partial charge in [0.15, 0.2) is 0 Å². The Bertz CT molecular complexity index is 351. The fraction of sp³-hybridized carbons (Fsp3) is 0.857. The highest BCUT2D eigenvalue weighted by Gasteiger charge is 2.32. The van der Waals surface area contributed by atoms with Crippen molar-refractivity contribution in [1.82, 2.24) is 10.2 Å². The number of carboxylic acids is 1. The van der Waals surface area contributed by atoms with Gasteiger partial charge in [-0.05, 0) is 25.7 Å². The predicted molar refractivity (Wildman–Crippen MR) is 73.4 cm³/mol. The van der Waals surface area contributed by atoms with Crippen LogP contribution in [-0.2, 0) is 14.3 Å². The summed E-state index contributed by atoms with van der Waals surface area (Å²) in [4.78, 5) is 24.8. The van der Waals surface area contributed by atoms with Crippen LogP contribution in [0.25, 0.3) is 0 Å². The lowest BCUT2D eigenvalue weighted by atomic mass is 10.1. The van der Waals surface area contributed by atoms with Crippen molar-refractivity contribution in [1.29, 1.82) is 0 Å². The van der Waals surface area contributed by atoms with Crippen molar-refractivity contribution < 1.29 is 19.4 Å². The maximum atomic E-state index is 11.9. The molecule has 2 aliphatic rings. The van der Waals surface area contributed by atoms with E-state index in [1.54, 1.807) is 6.92 Å². The van der Waals surface area contributed by atoms with E-state index in [1.165, 1.54) is 0 Å². The first-order valence-corrected chi connectivity index (χ1v) is 7.41. The van der Waals surface area contributed by atoms with Gasteiger partial charge in [0.1, 0.15) is 0 Å². The average Bonchev–Trinajstić information content (AvgIpc) is 3.12. The van der Waals surface area contributed by atoms with Gasteiger partial charge in [0.25, 0.3) is 0 Å². The third-order valence-corrected chi connectivity index (χ3v) is 3.89. The van der Waals surface area contributed by atoms with Gasteiger partial charge < -0.3 is 15.2 Å². The molecular weight excluding hydrogens is 260 g/mol. The zero-order chi connectivity index (χ0) is 14.5. The highest BCUT2D eigenvalue weighted by molar-refractivity contribution is 5.78. The fourth-order valence-electron chi connectivity index (χ4n) is 2.49. The Morgan fingerprint density at radius 2 is 2.15 bits per heavy atom. The summed E-state index contributed by atoms with van der Waals surface area (Å²) < 4.78 is 5.46. The zero-order valence-electron chi connectivity index (χ0n) is 12.0. The van der Waals surface area contributed by atoms with Gasteiger partial charge in [-0.2, -0.15) is 0 Å². The molecule has 1 heterocycles. The molecule has 0 aromatic carbocycles. The van der Waals surface area contributed by atoms with E-state index in [1.807, 2.05) is 4.90 Å². The summed E-state index contributed by atoms with van der Waals surface area (Å²) in [5, 5.41) is 11.9. The standard InChI is InChI=1S/C14H24N2O4/c1-10(14(18)19)8-16(11-4-5-11)9-13(17)15-7-12-3-2-6-20-12/h10-12H,2-9H2,1H3,(H,15,17)(H,18,19). The van der Waals surface area contributed by atoms with E-state index in [4.69, 9.17) is 9.84 Å². The quantitative estimate of drug-likeness (QED) is 0.677. The second-order valence-corrected chi connectivity index (χ2v) is 5.84. The Hall–Kier alpha value is -1.14. The van der Waals surface area contributed by atoms with Crippen molar-refractivity contribution >= 4 is 11.9 Å². The van der Waals surface area contributed by atoms with Crippen LogP contribution in [0.2, 0.25) is 0 Å². The third kappa shape index (κ3) is 4.76. The van der Waals surface area contributed by atoms with Crippen LogP contribution >= 0.6 is 0 Å². The Morgan fingerprint density at radius 3 is 2.70 bits per heavy atom. The number of hydrogen-bond acceptors (Lipinski definition) is 4. The maximum Gasteiger partial charge on any atom is 0.307 e. The number of hydrogen-bond donors (Lipinski definition) is 2. The molecule has 1 amide bonds. The van der Waals surface area contributed by atoms with E-state index in [2.05, 4.69) is 5.32 Å². The van der Waals surface area contributed by atoms with Gasteiger partial charge in [-0.3, -0.25) is 14.5 Å². The van der Waals surface area contributed by atoms with Crippen molar-refractivity contribution in [3.8, 4) is 0 Å². The summed E-state index contributed by atoms with van der Waals surface area (Å²) >= 11 is 0. The summed E-state index contributed by atoms with van der Waals surface area (Å²) in [6.07, 6.45) is 4.33. The largest absolute Gasteiger partial charge is 0.481 e. The van der Waals surface area contributed by atoms with Crippen LogP contribution in [0.3, 0.4) is 0 Å². The molecule has 2 rings (SSSR count). The molecule has 1 saturated heterocycles. The Kier molecular flexibility index (Phi) is 5.37. The van der Waals surface area contributed by atoms with Crippen molar-refractivity contribution in [2.24, 2.45) is 5.92 Å². The molecule has 2 unspecified atom stereocenters. The highest BCUT2D eigenvalue weighted by atomic mass is 16.5. The van der Waals surface area contributed by atoms with Crippen molar-refractivity contribution in [2.75, 3.05) is 26.2 Å². The number of rotatable bonds is 8. The number of carbonyl (C=O) groups excluding carboxylic acids is 1. The first-order valence-electron chi connectivity index (χ1n) is 7.41. The summed E-state index contributed by atoms with van der Waals surface area (Å²) in [5.74, 6) is -1.29. The van der Waals surface area contributed by atoms with E-state index >= 15 is 0 Å². The summed E-state index contributed by atoms with van der Waals surface area (Å²) in [6, 6.07) is 0.380. The molecule has 0 aromatic heterocycles. The number of ether oxygens (including phenoxy) is 1. The van der Waals surface area contributed by atoms with Gasteiger partial charge >= 0.3 is 5.97 Å².